The topological polar surface area (TPSA) is 60.5 Å². The normalized spacial score (nSPS) is 16.9. The van der Waals surface area contributed by atoms with Crippen LogP contribution < -0.4 is 10.1 Å². The van der Waals surface area contributed by atoms with Crippen LogP contribution in [0.3, 0.4) is 0 Å². The molecule has 5 heteroatoms. The number of aromatic nitrogens is 1. The fourth-order valence-corrected chi connectivity index (χ4v) is 2.54. The van der Waals surface area contributed by atoms with Crippen LogP contribution in [0.15, 0.2) is 12.3 Å². The second kappa shape index (κ2) is 7.09. The molecule has 0 saturated heterocycles. The lowest BCUT2D eigenvalue weighted by atomic mass is 9.99. The number of nitrogens with zero attached hydrogens (tertiary/aromatic N) is 1. The Morgan fingerprint density at radius 1 is 1.45 bits per heavy atom. The number of aryl methyl sites for hydroxylation is 1. The average molecular weight is 306 g/mol. The molecule has 122 valence electrons. The highest BCUT2D eigenvalue weighted by Crippen LogP contribution is 2.42. The van der Waals surface area contributed by atoms with E-state index in [0.717, 1.165) is 24.8 Å². The summed E-state index contributed by atoms with van der Waals surface area (Å²) in [4.78, 5) is 16.9. The van der Waals surface area contributed by atoms with E-state index in [1.165, 1.54) is 0 Å². The van der Waals surface area contributed by atoms with Gasteiger partial charge in [-0.25, -0.2) is 4.98 Å². The lowest BCUT2D eigenvalue weighted by molar-refractivity contribution is -0.141. The molecule has 0 bridgehead atoms. The molecule has 1 atom stereocenters. The molecular weight excluding hydrogens is 280 g/mol. The van der Waals surface area contributed by atoms with Crippen molar-refractivity contribution in [3.63, 3.8) is 0 Å². The number of anilines is 1. The molecule has 1 aliphatic rings. The summed E-state index contributed by atoms with van der Waals surface area (Å²) in [6, 6.07) is 1.88. The van der Waals surface area contributed by atoms with Gasteiger partial charge in [0.1, 0.15) is 5.60 Å². The van der Waals surface area contributed by atoms with Gasteiger partial charge in [-0.1, -0.05) is 6.92 Å². The molecule has 1 saturated carbocycles. The summed E-state index contributed by atoms with van der Waals surface area (Å²) in [7, 11) is 0. The third-order valence-corrected chi connectivity index (χ3v) is 3.98. The highest BCUT2D eigenvalue weighted by atomic mass is 16.5. The molecule has 2 rings (SSSR count). The largest absolute Gasteiger partial charge is 0.477 e. The summed E-state index contributed by atoms with van der Waals surface area (Å²) in [5, 5.41) is 2.93. The molecule has 0 radical (unpaired) electrons. The molecular formula is C17H26N2O3. The molecule has 1 unspecified atom stereocenters. The van der Waals surface area contributed by atoms with Crippen LogP contribution in [0.1, 0.15) is 45.6 Å². The first-order valence-electron chi connectivity index (χ1n) is 8.06. The number of amides is 1. The van der Waals surface area contributed by atoms with Crippen LogP contribution in [0.4, 0.5) is 5.69 Å². The smallest absolute Gasteiger partial charge is 0.256 e. The van der Waals surface area contributed by atoms with Crippen LogP contribution in [-0.4, -0.2) is 29.7 Å². The summed E-state index contributed by atoms with van der Waals surface area (Å²) in [6.07, 6.45) is 4.67. The second-order valence-corrected chi connectivity index (χ2v) is 5.96. The van der Waals surface area contributed by atoms with Gasteiger partial charge in [0.25, 0.3) is 5.91 Å². The van der Waals surface area contributed by atoms with Gasteiger partial charge in [-0.2, -0.15) is 0 Å². The highest BCUT2D eigenvalue weighted by molar-refractivity contribution is 5.97. The number of rotatable bonds is 8. The number of hydrogen-bond acceptors (Lipinski definition) is 4. The lowest BCUT2D eigenvalue weighted by Gasteiger charge is -2.28. The molecule has 22 heavy (non-hydrogen) atoms. The maximum absolute atomic E-state index is 12.6. The molecule has 5 nitrogen and oxygen atoms in total. The van der Waals surface area contributed by atoms with Crippen LogP contribution in [0.2, 0.25) is 0 Å². The summed E-state index contributed by atoms with van der Waals surface area (Å²) in [5.74, 6) is 0.837. The Balaban J connectivity index is 2.06. The summed E-state index contributed by atoms with van der Waals surface area (Å²) in [6.45, 7) is 8.94. The first-order valence-corrected chi connectivity index (χ1v) is 8.06. The molecule has 1 heterocycles. The molecule has 1 aliphatic carbocycles. The number of carbonyl (C=O) groups excluding carboxylic acids is 1. The Kier molecular flexibility index (Phi) is 5.40. The average Bonchev–Trinajstić information content (AvgIpc) is 3.31. The van der Waals surface area contributed by atoms with Gasteiger partial charge in [0.2, 0.25) is 5.88 Å². The standard InChI is InChI=1S/C17H26N2O3/c1-5-9-21-15-12(3)10-14(11-18-15)19-16(20)17(4,22-6-2)13-7-8-13/h10-11,13H,5-9H2,1-4H3,(H,19,20). The van der Waals surface area contributed by atoms with E-state index in [1.54, 1.807) is 6.20 Å². The molecule has 1 aromatic heterocycles. The fraction of sp³-hybridized carbons (Fsp3) is 0.647. The van der Waals surface area contributed by atoms with Gasteiger partial charge < -0.3 is 14.8 Å². The number of ether oxygens (including phenoxy) is 2. The van der Waals surface area contributed by atoms with Crippen molar-refractivity contribution in [2.24, 2.45) is 5.92 Å². The summed E-state index contributed by atoms with van der Waals surface area (Å²) >= 11 is 0. The molecule has 0 spiro atoms. The van der Waals surface area contributed by atoms with Gasteiger partial charge in [0.05, 0.1) is 18.5 Å². The van der Waals surface area contributed by atoms with Crippen molar-refractivity contribution < 1.29 is 14.3 Å². The van der Waals surface area contributed by atoms with E-state index in [4.69, 9.17) is 9.47 Å². The Labute approximate surface area is 132 Å². The van der Waals surface area contributed by atoms with E-state index in [-0.39, 0.29) is 5.91 Å². The predicted molar refractivity (Wildman–Crippen MR) is 86.1 cm³/mol. The van der Waals surface area contributed by atoms with Crippen molar-refractivity contribution in [3.05, 3.63) is 17.8 Å². The van der Waals surface area contributed by atoms with Crippen molar-refractivity contribution in [3.8, 4) is 5.88 Å². The third-order valence-electron chi connectivity index (χ3n) is 3.98. The number of carbonyl (C=O) groups is 1. The molecule has 0 aliphatic heterocycles. The Hall–Kier alpha value is -1.62. The van der Waals surface area contributed by atoms with E-state index < -0.39 is 5.60 Å². The van der Waals surface area contributed by atoms with Crippen molar-refractivity contribution in [2.75, 3.05) is 18.5 Å². The SMILES string of the molecule is CCCOc1ncc(NC(=O)C(C)(OCC)C2CC2)cc1C. The second-order valence-electron chi connectivity index (χ2n) is 5.96. The van der Waals surface area contributed by atoms with E-state index in [1.807, 2.05) is 26.8 Å². The van der Waals surface area contributed by atoms with Gasteiger partial charge in [-0.15, -0.1) is 0 Å². The van der Waals surface area contributed by atoms with Crippen molar-refractivity contribution in [2.45, 2.75) is 52.6 Å². The van der Waals surface area contributed by atoms with Crippen LogP contribution in [0.5, 0.6) is 5.88 Å². The summed E-state index contributed by atoms with van der Waals surface area (Å²) in [5.41, 5.74) is 0.841. The molecule has 1 N–H and O–H groups in total. The van der Waals surface area contributed by atoms with Crippen LogP contribution in [0, 0.1) is 12.8 Å². The van der Waals surface area contributed by atoms with Gasteiger partial charge in [-0.3, -0.25) is 4.79 Å². The maximum atomic E-state index is 12.6. The Morgan fingerprint density at radius 2 is 2.18 bits per heavy atom. The minimum atomic E-state index is -0.750. The van der Waals surface area contributed by atoms with E-state index in [2.05, 4.69) is 17.2 Å². The van der Waals surface area contributed by atoms with Gasteiger partial charge >= 0.3 is 0 Å². The first-order chi connectivity index (χ1) is 10.5. The molecule has 1 aromatic rings. The monoisotopic (exact) mass is 306 g/mol. The van der Waals surface area contributed by atoms with Gasteiger partial charge in [0.15, 0.2) is 0 Å². The lowest BCUT2D eigenvalue weighted by Crippen LogP contribution is -2.44. The van der Waals surface area contributed by atoms with Crippen LogP contribution in [-0.2, 0) is 9.53 Å². The quantitative estimate of drug-likeness (QED) is 0.800. The first kappa shape index (κ1) is 16.7. The van der Waals surface area contributed by atoms with Crippen molar-refractivity contribution in [1.29, 1.82) is 0 Å². The fourth-order valence-electron chi connectivity index (χ4n) is 2.54. The van der Waals surface area contributed by atoms with Gasteiger partial charge in [-0.05, 0) is 52.0 Å². The van der Waals surface area contributed by atoms with Crippen molar-refractivity contribution in [1.82, 2.24) is 4.98 Å². The molecule has 1 amide bonds. The zero-order chi connectivity index (χ0) is 16.2. The number of nitrogens with one attached hydrogen (secondary N) is 1. The van der Waals surface area contributed by atoms with E-state index in [9.17, 15) is 4.79 Å². The molecule has 1 fully saturated rings. The number of hydrogen-bond donors (Lipinski definition) is 1. The maximum Gasteiger partial charge on any atom is 0.256 e. The van der Waals surface area contributed by atoms with E-state index >= 15 is 0 Å². The zero-order valence-corrected chi connectivity index (χ0v) is 13.9. The minimum Gasteiger partial charge on any atom is -0.477 e. The third kappa shape index (κ3) is 3.77. The minimum absolute atomic E-state index is 0.0970. The predicted octanol–water partition coefficient (Wildman–Crippen LogP) is 3.32. The Bertz CT molecular complexity index is 529. The van der Waals surface area contributed by atoms with Crippen LogP contribution in [0.25, 0.3) is 0 Å². The highest BCUT2D eigenvalue weighted by Gasteiger charge is 2.48. The van der Waals surface area contributed by atoms with Crippen molar-refractivity contribution >= 4 is 11.6 Å². The zero-order valence-electron chi connectivity index (χ0n) is 13.9. The number of pyridine rings is 1. The molecule has 0 aromatic carbocycles. The summed E-state index contributed by atoms with van der Waals surface area (Å²) < 4.78 is 11.3. The van der Waals surface area contributed by atoms with E-state index in [0.29, 0.717) is 30.7 Å². The van der Waals surface area contributed by atoms with Gasteiger partial charge in [0, 0.05) is 12.2 Å². The Morgan fingerprint density at radius 3 is 2.73 bits per heavy atom. The van der Waals surface area contributed by atoms with Crippen LogP contribution >= 0.6 is 0 Å².